The lowest BCUT2D eigenvalue weighted by molar-refractivity contribution is -0.200. The topological polar surface area (TPSA) is 20.2 Å². The van der Waals surface area contributed by atoms with Crippen molar-refractivity contribution in [3.63, 3.8) is 0 Å². The van der Waals surface area contributed by atoms with Crippen LogP contribution >= 0.6 is 0 Å². The van der Waals surface area contributed by atoms with Crippen LogP contribution in [0.5, 0.6) is 0 Å². The molecule has 0 spiro atoms. The monoisotopic (exact) mass is 294 g/mol. The summed E-state index contributed by atoms with van der Waals surface area (Å²) >= 11 is 0. The van der Waals surface area contributed by atoms with Crippen molar-refractivity contribution in [2.75, 3.05) is 0 Å². The maximum absolute atomic E-state index is 13.1. The summed E-state index contributed by atoms with van der Waals surface area (Å²) in [5.74, 6) is -3.15. The van der Waals surface area contributed by atoms with Crippen LogP contribution in [0.1, 0.15) is 31.2 Å². The Morgan fingerprint density at radius 2 is 1.75 bits per heavy atom. The van der Waals surface area contributed by atoms with Gasteiger partial charge in [-0.05, 0) is 43.4 Å². The number of hydrogen-bond donors (Lipinski definition) is 1. The highest BCUT2D eigenvalue weighted by molar-refractivity contribution is 5.20. The summed E-state index contributed by atoms with van der Waals surface area (Å²) in [6.45, 7) is 0. The minimum Gasteiger partial charge on any atom is -0.390 e. The molecule has 1 aliphatic rings. The van der Waals surface area contributed by atoms with Crippen molar-refractivity contribution >= 4 is 0 Å². The first kappa shape index (κ1) is 15.2. The normalized spacial score (nSPS) is 27.6. The van der Waals surface area contributed by atoms with E-state index in [2.05, 4.69) is 0 Å². The Bertz CT molecular complexity index is 465. The van der Waals surface area contributed by atoms with Crippen molar-refractivity contribution in [3.8, 4) is 0 Å². The van der Waals surface area contributed by atoms with Gasteiger partial charge in [0.2, 0.25) is 0 Å². The van der Waals surface area contributed by atoms with Gasteiger partial charge in [0.05, 0.1) is 11.5 Å². The molecule has 2 rings (SSSR count). The fourth-order valence-electron chi connectivity index (χ4n) is 2.87. The molecule has 1 fully saturated rings. The average molecular weight is 294 g/mol. The lowest BCUT2D eigenvalue weighted by Gasteiger charge is -2.37. The third kappa shape index (κ3) is 3.69. The Balaban J connectivity index is 2.14. The summed E-state index contributed by atoms with van der Waals surface area (Å²) in [4.78, 5) is 0. The third-order valence-electron chi connectivity index (χ3n) is 3.74. The predicted octanol–water partition coefficient (Wildman–Crippen LogP) is 3.99. The summed E-state index contributed by atoms with van der Waals surface area (Å²) in [5.41, 5.74) is -1.38. The van der Waals surface area contributed by atoms with Gasteiger partial charge in [-0.3, -0.25) is 0 Å². The van der Waals surface area contributed by atoms with Gasteiger partial charge < -0.3 is 5.11 Å². The second-order valence-electron chi connectivity index (χ2n) is 5.51. The smallest absolute Gasteiger partial charge is 0.390 e. The van der Waals surface area contributed by atoms with Gasteiger partial charge in [0, 0.05) is 12.5 Å². The molecule has 1 aromatic rings. The molecule has 1 saturated carbocycles. The molecule has 2 atom stereocenters. The molecule has 6 heteroatoms. The zero-order valence-corrected chi connectivity index (χ0v) is 10.7. The van der Waals surface area contributed by atoms with Crippen molar-refractivity contribution < 1.29 is 27.1 Å². The minimum atomic E-state index is -4.35. The van der Waals surface area contributed by atoms with Crippen LogP contribution in [0.3, 0.4) is 0 Å². The largest absolute Gasteiger partial charge is 0.391 e. The highest BCUT2D eigenvalue weighted by Gasteiger charge is 2.46. The fourth-order valence-corrected chi connectivity index (χ4v) is 2.87. The van der Waals surface area contributed by atoms with Gasteiger partial charge in [0.15, 0.2) is 0 Å². The Kier molecular flexibility index (Phi) is 4.04. The summed E-state index contributed by atoms with van der Waals surface area (Å²) in [7, 11) is 0. The number of alkyl halides is 3. The van der Waals surface area contributed by atoms with Crippen molar-refractivity contribution in [2.24, 2.45) is 5.92 Å². The highest BCUT2D eigenvalue weighted by Crippen LogP contribution is 2.42. The van der Waals surface area contributed by atoms with Gasteiger partial charge in [0.1, 0.15) is 11.6 Å². The molecule has 0 amide bonds. The Morgan fingerprint density at radius 3 is 2.30 bits per heavy atom. The minimum absolute atomic E-state index is 0.0106. The summed E-state index contributed by atoms with van der Waals surface area (Å²) in [6.07, 6.45) is -4.50. The zero-order valence-electron chi connectivity index (χ0n) is 10.7. The molecule has 1 N–H and O–H groups in total. The number of benzene rings is 1. The van der Waals surface area contributed by atoms with Crippen LogP contribution in [0, 0.1) is 17.6 Å². The van der Waals surface area contributed by atoms with E-state index in [9.17, 15) is 27.1 Å². The molecule has 0 bridgehead atoms. The van der Waals surface area contributed by atoms with Crippen LogP contribution in [0.25, 0.3) is 0 Å². The van der Waals surface area contributed by atoms with E-state index in [1.807, 2.05) is 0 Å². The molecule has 0 heterocycles. The number of halogens is 5. The SMILES string of the molecule is OC1(Cc2cc(F)cc(F)c2)CCCC(C(F)(F)F)C1. The number of hydrogen-bond acceptors (Lipinski definition) is 1. The maximum atomic E-state index is 13.1. The van der Waals surface area contributed by atoms with Crippen molar-refractivity contribution in [2.45, 2.75) is 43.9 Å². The van der Waals surface area contributed by atoms with E-state index in [1.54, 1.807) is 0 Å². The first-order valence-electron chi connectivity index (χ1n) is 6.42. The van der Waals surface area contributed by atoms with Crippen molar-refractivity contribution in [1.82, 2.24) is 0 Å². The molecule has 1 aromatic carbocycles. The van der Waals surface area contributed by atoms with Crippen LogP contribution in [0.15, 0.2) is 18.2 Å². The van der Waals surface area contributed by atoms with Crippen LogP contribution < -0.4 is 0 Å². The van der Waals surface area contributed by atoms with E-state index in [-0.39, 0.29) is 31.2 Å². The second kappa shape index (κ2) is 5.31. The Morgan fingerprint density at radius 1 is 1.15 bits per heavy atom. The van der Waals surface area contributed by atoms with Crippen molar-refractivity contribution in [1.29, 1.82) is 0 Å². The van der Waals surface area contributed by atoms with Crippen LogP contribution in [-0.2, 0) is 6.42 Å². The molecule has 112 valence electrons. The van der Waals surface area contributed by atoms with Crippen LogP contribution in [-0.4, -0.2) is 16.9 Å². The lowest BCUT2D eigenvalue weighted by atomic mass is 9.75. The Labute approximate surface area is 113 Å². The van der Waals surface area contributed by atoms with E-state index in [0.29, 0.717) is 6.07 Å². The van der Waals surface area contributed by atoms with Gasteiger partial charge in [-0.25, -0.2) is 8.78 Å². The summed E-state index contributed by atoms with van der Waals surface area (Å²) < 4.78 is 64.3. The third-order valence-corrected chi connectivity index (χ3v) is 3.74. The molecule has 0 radical (unpaired) electrons. The molecular formula is C14H15F5O. The fraction of sp³-hybridized carbons (Fsp3) is 0.571. The second-order valence-corrected chi connectivity index (χ2v) is 5.51. The molecule has 1 nitrogen and oxygen atoms in total. The van der Waals surface area contributed by atoms with Gasteiger partial charge in [-0.2, -0.15) is 13.2 Å². The Hall–Kier alpha value is -1.17. The van der Waals surface area contributed by atoms with E-state index in [4.69, 9.17) is 0 Å². The number of rotatable bonds is 2. The summed E-state index contributed by atoms with van der Waals surface area (Å²) in [5, 5.41) is 10.3. The quantitative estimate of drug-likeness (QED) is 0.818. The first-order valence-corrected chi connectivity index (χ1v) is 6.42. The molecular weight excluding hydrogens is 279 g/mol. The van der Waals surface area contributed by atoms with Crippen LogP contribution in [0.2, 0.25) is 0 Å². The van der Waals surface area contributed by atoms with Crippen molar-refractivity contribution in [3.05, 3.63) is 35.4 Å². The molecule has 0 saturated heterocycles. The molecule has 0 aliphatic heterocycles. The molecule has 2 unspecified atom stereocenters. The highest BCUT2D eigenvalue weighted by atomic mass is 19.4. The average Bonchev–Trinajstić information content (AvgIpc) is 2.25. The lowest BCUT2D eigenvalue weighted by Crippen LogP contribution is -2.41. The van der Waals surface area contributed by atoms with Gasteiger partial charge >= 0.3 is 6.18 Å². The van der Waals surface area contributed by atoms with Gasteiger partial charge in [-0.1, -0.05) is 0 Å². The molecule has 1 aliphatic carbocycles. The van der Waals surface area contributed by atoms with E-state index >= 15 is 0 Å². The first-order chi connectivity index (χ1) is 9.18. The standard InChI is InChI=1S/C14H15F5O/c15-11-4-9(5-12(16)6-11)7-13(20)3-1-2-10(8-13)14(17,18)19/h4-6,10,20H,1-3,7-8H2. The number of aliphatic hydroxyl groups is 1. The van der Waals surface area contributed by atoms with Gasteiger partial charge in [-0.15, -0.1) is 0 Å². The van der Waals surface area contributed by atoms with Gasteiger partial charge in [0.25, 0.3) is 0 Å². The summed E-state index contributed by atoms with van der Waals surface area (Å²) in [6, 6.07) is 2.77. The van der Waals surface area contributed by atoms with Crippen LogP contribution in [0.4, 0.5) is 22.0 Å². The zero-order chi connectivity index (χ0) is 15.0. The van der Waals surface area contributed by atoms with E-state index < -0.39 is 35.8 Å². The molecule has 0 aromatic heterocycles. The maximum Gasteiger partial charge on any atom is 0.391 e. The van der Waals surface area contributed by atoms with E-state index in [0.717, 1.165) is 12.1 Å². The van der Waals surface area contributed by atoms with E-state index in [1.165, 1.54) is 0 Å². The predicted molar refractivity (Wildman–Crippen MR) is 63.0 cm³/mol. The molecule has 20 heavy (non-hydrogen) atoms.